The van der Waals surface area contributed by atoms with E-state index in [0.29, 0.717) is 6.04 Å². The third-order valence-corrected chi connectivity index (χ3v) is 4.33. The molecule has 2 heterocycles. The zero-order chi connectivity index (χ0) is 12.4. The number of hydrogen-bond donors (Lipinski definition) is 1. The van der Waals surface area contributed by atoms with Crippen molar-refractivity contribution in [1.82, 2.24) is 9.80 Å². The summed E-state index contributed by atoms with van der Waals surface area (Å²) in [7, 11) is 2.04. The van der Waals surface area contributed by atoms with Crippen LogP contribution in [-0.4, -0.2) is 59.6 Å². The van der Waals surface area contributed by atoms with Crippen LogP contribution in [0, 0.1) is 5.92 Å². The number of aliphatic hydroxyl groups is 1. The number of aliphatic hydroxyl groups excluding tert-OH is 1. The number of carbonyl (C=O) groups is 1. The molecule has 0 radical (unpaired) electrons. The predicted molar refractivity (Wildman–Crippen MR) is 66.6 cm³/mol. The second-order valence-electron chi connectivity index (χ2n) is 5.60. The smallest absolute Gasteiger partial charge is 0.240 e. The Morgan fingerprint density at radius 3 is 2.71 bits per heavy atom. The van der Waals surface area contributed by atoms with Gasteiger partial charge >= 0.3 is 0 Å². The number of likely N-dealkylation sites (tertiary alicyclic amines) is 2. The summed E-state index contributed by atoms with van der Waals surface area (Å²) in [5.74, 6) is 0.553. The number of piperidine rings is 1. The van der Waals surface area contributed by atoms with E-state index in [1.165, 1.54) is 0 Å². The summed E-state index contributed by atoms with van der Waals surface area (Å²) in [6.07, 6.45) is 4.18. The summed E-state index contributed by atoms with van der Waals surface area (Å²) >= 11 is 0. The summed E-state index contributed by atoms with van der Waals surface area (Å²) in [6, 6.07) is 0.411. The van der Waals surface area contributed by atoms with Crippen LogP contribution in [0.4, 0.5) is 0 Å². The highest BCUT2D eigenvalue weighted by Gasteiger charge is 2.36. The average molecular weight is 240 g/mol. The van der Waals surface area contributed by atoms with Gasteiger partial charge in [0.25, 0.3) is 0 Å². The molecule has 3 unspecified atom stereocenters. The molecular formula is C13H24N2O2. The van der Waals surface area contributed by atoms with Crippen molar-refractivity contribution in [3.63, 3.8) is 0 Å². The van der Waals surface area contributed by atoms with Gasteiger partial charge in [0.15, 0.2) is 0 Å². The number of amides is 1. The molecule has 0 aromatic carbocycles. The molecule has 2 aliphatic heterocycles. The molecule has 2 saturated heterocycles. The van der Waals surface area contributed by atoms with Crippen LogP contribution in [0.5, 0.6) is 0 Å². The maximum absolute atomic E-state index is 12.5. The fourth-order valence-electron chi connectivity index (χ4n) is 3.05. The number of hydrogen-bond acceptors (Lipinski definition) is 3. The highest BCUT2D eigenvalue weighted by molar-refractivity contribution is 5.82. The van der Waals surface area contributed by atoms with Crippen molar-refractivity contribution in [2.75, 3.05) is 26.7 Å². The molecular weight excluding hydrogens is 216 g/mol. The van der Waals surface area contributed by atoms with Crippen molar-refractivity contribution < 1.29 is 9.90 Å². The van der Waals surface area contributed by atoms with Crippen LogP contribution in [0.15, 0.2) is 0 Å². The van der Waals surface area contributed by atoms with E-state index in [1.807, 2.05) is 11.9 Å². The zero-order valence-electron chi connectivity index (χ0n) is 10.9. The van der Waals surface area contributed by atoms with Gasteiger partial charge in [-0.25, -0.2) is 0 Å². The quantitative estimate of drug-likeness (QED) is 0.773. The third-order valence-electron chi connectivity index (χ3n) is 4.33. The first-order valence-electron chi connectivity index (χ1n) is 6.75. The Labute approximate surface area is 104 Å². The van der Waals surface area contributed by atoms with Crippen molar-refractivity contribution in [3.8, 4) is 0 Å². The molecule has 17 heavy (non-hydrogen) atoms. The summed E-state index contributed by atoms with van der Waals surface area (Å²) in [5, 5.41) is 9.25. The summed E-state index contributed by atoms with van der Waals surface area (Å²) in [6.45, 7) is 4.10. The zero-order valence-corrected chi connectivity index (χ0v) is 10.9. The van der Waals surface area contributed by atoms with Crippen LogP contribution >= 0.6 is 0 Å². The maximum atomic E-state index is 12.5. The van der Waals surface area contributed by atoms with Gasteiger partial charge in [-0.1, -0.05) is 0 Å². The van der Waals surface area contributed by atoms with Crippen LogP contribution in [0.2, 0.25) is 0 Å². The Bertz CT molecular complexity index is 283. The maximum Gasteiger partial charge on any atom is 0.240 e. The van der Waals surface area contributed by atoms with E-state index in [1.54, 1.807) is 0 Å². The average Bonchev–Trinajstić information content (AvgIpc) is 2.75. The van der Waals surface area contributed by atoms with Crippen LogP contribution in [0.1, 0.15) is 32.6 Å². The van der Waals surface area contributed by atoms with Gasteiger partial charge in [-0.2, -0.15) is 0 Å². The molecule has 0 aliphatic carbocycles. The van der Waals surface area contributed by atoms with E-state index in [0.717, 1.165) is 38.8 Å². The van der Waals surface area contributed by atoms with E-state index in [4.69, 9.17) is 0 Å². The number of carbonyl (C=O) groups excluding carboxylic acids is 1. The Morgan fingerprint density at radius 1 is 1.35 bits per heavy atom. The number of rotatable bonds is 2. The molecule has 4 heteroatoms. The topological polar surface area (TPSA) is 43.8 Å². The second kappa shape index (κ2) is 5.36. The molecule has 1 N–H and O–H groups in total. The molecule has 0 spiro atoms. The van der Waals surface area contributed by atoms with Crippen molar-refractivity contribution >= 4 is 5.91 Å². The first kappa shape index (κ1) is 12.8. The first-order chi connectivity index (χ1) is 8.13. The van der Waals surface area contributed by atoms with E-state index >= 15 is 0 Å². The van der Waals surface area contributed by atoms with E-state index in [2.05, 4.69) is 11.8 Å². The van der Waals surface area contributed by atoms with Gasteiger partial charge < -0.3 is 10.0 Å². The van der Waals surface area contributed by atoms with Gasteiger partial charge in [-0.3, -0.25) is 9.69 Å². The van der Waals surface area contributed by atoms with Crippen LogP contribution in [0.25, 0.3) is 0 Å². The molecule has 0 aromatic heterocycles. The Balaban J connectivity index is 2.01. The first-order valence-corrected chi connectivity index (χ1v) is 6.75. The highest BCUT2D eigenvalue weighted by atomic mass is 16.3. The van der Waals surface area contributed by atoms with E-state index in [9.17, 15) is 9.90 Å². The molecule has 98 valence electrons. The third kappa shape index (κ3) is 2.63. The lowest BCUT2D eigenvalue weighted by Gasteiger charge is -2.39. The molecule has 2 fully saturated rings. The van der Waals surface area contributed by atoms with Gasteiger partial charge in [0.05, 0.1) is 6.04 Å². The predicted octanol–water partition coefficient (Wildman–Crippen LogP) is 0.700. The van der Waals surface area contributed by atoms with E-state index in [-0.39, 0.29) is 24.5 Å². The lowest BCUT2D eigenvalue weighted by molar-refractivity contribution is -0.140. The molecule has 0 saturated carbocycles. The molecule has 1 amide bonds. The minimum absolute atomic E-state index is 0.0786. The Hall–Kier alpha value is -0.610. The fourth-order valence-corrected chi connectivity index (χ4v) is 3.05. The molecule has 4 nitrogen and oxygen atoms in total. The highest BCUT2D eigenvalue weighted by Crippen LogP contribution is 2.25. The van der Waals surface area contributed by atoms with Gasteiger partial charge in [0.1, 0.15) is 0 Å². The van der Waals surface area contributed by atoms with Crippen molar-refractivity contribution in [1.29, 1.82) is 0 Å². The Morgan fingerprint density at radius 2 is 2.12 bits per heavy atom. The molecule has 3 atom stereocenters. The lowest BCUT2D eigenvalue weighted by atomic mass is 9.93. The largest absolute Gasteiger partial charge is 0.396 e. The second-order valence-corrected chi connectivity index (χ2v) is 5.60. The van der Waals surface area contributed by atoms with Gasteiger partial charge in [-0.15, -0.1) is 0 Å². The summed E-state index contributed by atoms with van der Waals surface area (Å²) in [4.78, 5) is 16.6. The van der Waals surface area contributed by atoms with Crippen LogP contribution < -0.4 is 0 Å². The van der Waals surface area contributed by atoms with Gasteiger partial charge in [0.2, 0.25) is 5.91 Å². The van der Waals surface area contributed by atoms with Crippen molar-refractivity contribution in [3.05, 3.63) is 0 Å². The van der Waals surface area contributed by atoms with Crippen molar-refractivity contribution in [2.45, 2.75) is 44.7 Å². The summed E-state index contributed by atoms with van der Waals surface area (Å²) in [5.41, 5.74) is 0. The Kier molecular flexibility index (Phi) is 4.05. The standard InChI is InChI=1S/C13H24N2O2/c1-10-5-6-11(9-16)8-15(10)13(17)12-4-3-7-14(12)2/h10-12,16H,3-9H2,1-2H3. The molecule has 0 aromatic rings. The number of nitrogens with zero attached hydrogens (tertiary/aromatic N) is 2. The SMILES string of the molecule is CC1CCC(CO)CN1C(=O)C1CCCN1C. The minimum atomic E-state index is 0.0786. The minimum Gasteiger partial charge on any atom is -0.396 e. The number of likely N-dealkylation sites (N-methyl/N-ethyl adjacent to an activating group) is 1. The normalized spacial score (nSPS) is 35.2. The molecule has 0 bridgehead atoms. The lowest BCUT2D eigenvalue weighted by Crippen LogP contribution is -2.52. The van der Waals surface area contributed by atoms with Crippen molar-refractivity contribution in [2.24, 2.45) is 5.92 Å². The summed E-state index contributed by atoms with van der Waals surface area (Å²) < 4.78 is 0. The van der Waals surface area contributed by atoms with Crippen LogP contribution in [-0.2, 0) is 4.79 Å². The molecule has 2 aliphatic rings. The van der Waals surface area contributed by atoms with E-state index < -0.39 is 0 Å². The fraction of sp³-hybridized carbons (Fsp3) is 0.923. The van der Waals surface area contributed by atoms with Gasteiger partial charge in [0, 0.05) is 19.2 Å². The molecule has 2 rings (SSSR count). The van der Waals surface area contributed by atoms with Crippen LogP contribution in [0.3, 0.4) is 0 Å². The van der Waals surface area contributed by atoms with Gasteiger partial charge in [-0.05, 0) is 52.1 Å². The monoisotopic (exact) mass is 240 g/mol.